The molecule has 1 aliphatic heterocycles. The summed E-state index contributed by atoms with van der Waals surface area (Å²) in [5, 5.41) is 6.96. The van der Waals surface area contributed by atoms with Crippen molar-refractivity contribution in [1.29, 1.82) is 0 Å². The molecule has 0 unspecified atom stereocenters. The van der Waals surface area contributed by atoms with Crippen molar-refractivity contribution >= 4 is 11.3 Å². The lowest BCUT2D eigenvalue weighted by atomic mass is 9.90. The minimum atomic E-state index is 0.265. The molecule has 0 atom stereocenters. The van der Waals surface area contributed by atoms with Crippen LogP contribution in [0.3, 0.4) is 0 Å². The number of fused-ring (bicyclic) bond motifs is 1. The maximum atomic E-state index is 4.40. The van der Waals surface area contributed by atoms with E-state index in [-0.39, 0.29) is 5.54 Å². The Hall–Kier alpha value is -1.23. The summed E-state index contributed by atoms with van der Waals surface area (Å²) in [6.07, 6.45) is 8.37. The van der Waals surface area contributed by atoms with Crippen LogP contribution >= 0.6 is 11.3 Å². The SMILES string of the molecule is c1ccc2c(c1)CC(CNCc1nccs1)(N1CCCCC1)C2. The van der Waals surface area contributed by atoms with E-state index in [1.54, 1.807) is 22.5 Å². The number of rotatable bonds is 5. The molecular formula is C19H25N3S. The van der Waals surface area contributed by atoms with E-state index < -0.39 is 0 Å². The molecule has 0 saturated carbocycles. The average Bonchev–Trinajstić information content (AvgIpc) is 3.23. The fourth-order valence-electron chi connectivity index (χ4n) is 4.24. The molecule has 2 aliphatic rings. The van der Waals surface area contributed by atoms with E-state index in [1.165, 1.54) is 50.2 Å². The molecule has 4 rings (SSSR count). The molecule has 1 aliphatic carbocycles. The van der Waals surface area contributed by atoms with Crippen LogP contribution in [0, 0.1) is 0 Å². The molecule has 2 heterocycles. The van der Waals surface area contributed by atoms with Crippen LogP contribution in [0.1, 0.15) is 35.4 Å². The van der Waals surface area contributed by atoms with Crippen LogP contribution in [0.2, 0.25) is 0 Å². The van der Waals surface area contributed by atoms with Gasteiger partial charge in [-0.05, 0) is 49.9 Å². The average molecular weight is 327 g/mol. The van der Waals surface area contributed by atoms with Gasteiger partial charge in [-0.1, -0.05) is 30.7 Å². The molecule has 0 amide bonds. The molecule has 1 aromatic heterocycles. The highest BCUT2D eigenvalue weighted by molar-refractivity contribution is 7.09. The lowest BCUT2D eigenvalue weighted by Gasteiger charge is -2.44. The number of hydrogen-bond donors (Lipinski definition) is 1. The van der Waals surface area contributed by atoms with Crippen molar-refractivity contribution in [2.75, 3.05) is 19.6 Å². The zero-order valence-electron chi connectivity index (χ0n) is 13.6. The topological polar surface area (TPSA) is 28.2 Å². The van der Waals surface area contributed by atoms with Crippen LogP contribution in [-0.2, 0) is 19.4 Å². The van der Waals surface area contributed by atoms with Crippen molar-refractivity contribution in [2.24, 2.45) is 0 Å². The number of likely N-dealkylation sites (tertiary alicyclic amines) is 1. The van der Waals surface area contributed by atoms with Crippen LogP contribution in [0.4, 0.5) is 0 Å². The highest BCUT2D eigenvalue weighted by Crippen LogP contribution is 2.36. The van der Waals surface area contributed by atoms with Crippen molar-refractivity contribution in [3.8, 4) is 0 Å². The molecule has 2 aromatic rings. The van der Waals surface area contributed by atoms with Crippen LogP contribution in [0.25, 0.3) is 0 Å². The van der Waals surface area contributed by atoms with Crippen molar-refractivity contribution in [2.45, 2.75) is 44.2 Å². The van der Waals surface area contributed by atoms with E-state index in [0.717, 1.165) is 13.1 Å². The predicted octanol–water partition coefficient (Wildman–Crippen LogP) is 3.26. The summed E-state index contributed by atoms with van der Waals surface area (Å²) >= 11 is 1.74. The van der Waals surface area contributed by atoms with Gasteiger partial charge in [0.1, 0.15) is 5.01 Å². The largest absolute Gasteiger partial charge is 0.309 e. The summed E-state index contributed by atoms with van der Waals surface area (Å²) in [6.45, 7) is 4.46. The summed E-state index contributed by atoms with van der Waals surface area (Å²) in [5.74, 6) is 0. The van der Waals surface area contributed by atoms with E-state index in [0.29, 0.717) is 0 Å². The second kappa shape index (κ2) is 6.71. The standard InChI is InChI=1S/C19H25N3S/c1-4-9-22(10-5-1)19(15-20-14-18-21-8-11-23-18)12-16-6-2-3-7-17(16)13-19/h2-3,6-8,11,20H,1,4-5,9-10,12-15H2. The zero-order valence-corrected chi connectivity index (χ0v) is 14.4. The molecular weight excluding hydrogens is 302 g/mol. The second-order valence-electron chi connectivity index (χ2n) is 6.92. The minimum Gasteiger partial charge on any atom is -0.309 e. The summed E-state index contributed by atoms with van der Waals surface area (Å²) < 4.78 is 0. The van der Waals surface area contributed by atoms with E-state index in [4.69, 9.17) is 0 Å². The Kier molecular flexibility index (Phi) is 4.47. The Bertz CT molecular complexity index is 607. The van der Waals surface area contributed by atoms with E-state index >= 15 is 0 Å². The smallest absolute Gasteiger partial charge is 0.106 e. The number of benzene rings is 1. The normalized spacial score (nSPS) is 20.5. The van der Waals surface area contributed by atoms with Gasteiger partial charge in [-0.15, -0.1) is 11.3 Å². The van der Waals surface area contributed by atoms with Gasteiger partial charge in [0.05, 0.1) is 0 Å². The molecule has 1 saturated heterocycles. The highest BCUT2D eigenvalue weighted by Gasteiger charge is 2.42. The van der Waals surface area contributed by atoms with E-state index in [1.807, 2.05) is 6.20 Å². The summed E-state index contributed by atoms with van der Waals surface area (Å²) in [4.78, 5) is 7.17. The number of thiazole rings is 1. The Labute approximate surface area is 142 Å². The monoisotopic (exact) mass is 327 g/mol. The number of aromatic nitrogens is 1. The third-order valence-electron chi connectivity index (χ3n) is 5.40. The Morgan fingerprint density at radius 2 is 1.83 bits per heavy atom. The summed E-state index contributed by atoms with van der Waals surface area (Å²) in [5.41, 5.74) is 3.37. The van der Waals surface area contributed by atoms with Gasteiger partial charge in [-0.25, -0.2) is 4.98 Å². The Balaban J connectivity index is 1.50. The predicted molar refractivity (Wildman–Crippen MR) is 95.8 cm³/mol. The molecule has 4 heteroatoms. The molecule has 1 N–H and O–H groups in total. The molecule has 0 radical (unpaired) electrons. The van der Waals surface area contributed by atoms with E-state index in [2.05, 4.69) is 44.8 Å². The highest BCUT2D eigenvalue weighted by atomic mass is 32.1. The summed E-state index contributed by atoms with van der Waals surface area (Å²) in [6, 6.07) is 9.02. The first kappa shape index (κ1) is 15.3. The van der Waals surface area contributed by atoms with Gasteiger partial charge in [0, 0.05) is 30.2 Å². The molecule has 1 aromatic carbocycles. The first-order valence-electron chi connectivity index (χ1n) is 8.77. The van der Waals surface area contributed by atoms with Crippen molar-refractivity contribution in [3.63, 3.8) is 0 Å². The van der Waals surface area contributed by atoms with Crippen LogP contribution in [0.15, 0.2) is 35.8 Å². The van der Waals surface area contributed by atoms with Gasteiger partial charge in [-0.3, -0.25) is 4.90 Å². The van der Waals surface area contributed by atoms with Gasteiger partial charge in [0.2, 0.25) is 0 Å². The van der Waals surface area contributed by atoms with Gasteiger partial charge in [0.25, 0.3) is 0 Å². The first-order valence-corrected chi connectivity index (χ1v) is 9.65. The van der Waals surface area contributed by atoms with Gasteiger partial charge in [-0.2, -0.15) is 0 Å². The van der Waals surface area contributed by atoms with Crippen LogP contribution in [-0.4, -0.2) is 35.1 Å². The molecule has 122 valence electrons. The van der Waals surface area contributed by atoms with Gasteiger partial charge in [0.15, 0.2) is 0 Å². The third kappa shape index (κ3) is 3.21. The molecule has 23 heavy (non-hydrogen) atoms. The number of piperidine rings is 1. The molecule has 3 nitrogen and oxygen atoms in total. The van der Waals surface area contributed by atoms with Crippen molar-refractivity contribution < 1.29 is 0 Å². The van der Waals surface area contributed by atoms with Gasteiger partial charge >= 0.3 is 0 Å². The van der Waals surface area contributed by atoms with Crippen molar-refractivity contribution in [1.82, 2.24) is 15.2 Å². The van der Waals surface area contributed by atoms with Gasteiger partial charge < -0.3 is 5.32 Å². The maximum Gasteiger partial charge on any atom is 0.106 e. The lowest BCUT2D eigenvalue weighted by Crippen LogP contribution is -2.57. The van der Waals surface area contributed by atoms with Crippen molar-refractivity contribution in [3.05, 3.63) is 52.0 Å². The zero-order chi connectivity index (χ0) is 15.5. The van der Waals surface area contributed by atoms with Crippen LogP contribution in [0.5, 0.6) is 0 Å². The number of nitrogens with one attached hydrogen (secondary N) is 1. The maximum absolute atomic E-state index is 4.40. The number of nitrogens with zero attached hydrogens (tertiary/aromatic N) is 2. The lowest BCUT2D eigenvalue weighted by molar-refractivity contribution is 0.0724. The minimum absolute atomic E-state index is 0.265. The third-order valence-corrected chi connectivity index (χ3v) is 6.18. The van der Waals surface area contributed by atoms with E-state index in [9.17, 15) is 0 Å². The molecule has 0 bridgehead atoms. The quantitative estimate of drug-likeness (QED) is 0.914. The second-order valence-corrected chi connectivity index (χ2v) is 7.90. The summed E-state index contributed by atoms with van der Waals surface area (Å²) in [7, 11) is 0. The van der Waals surface area contributed by atoms with Crippen LogP contribution < -0.4 is 5.32 Å². The first-order chi connectivity index (χ1) is 11.4. The fourth-order valence-corrected chi connectivity index (χ4v) is 4.83. The molecule has 1 fully saturated rings. The fraction of sp³-hybridized carbons (Fsp3) is 0.526. The molecule has 0 spiro atoms. The number of hydrogen-bond acceptors (Lipinski definition) is 4. The Morgan fingerprint density at radius 3 is 2.48 bits per heavy atom. The Morgan fingerprint density at radius 1 is 1.09 bits per heavy atom.